The fourth-order valence-electron chi connectivity index (χ4n) is 2.73. The lowest BCUT2D eigenvalue weighted by molar-refractivity contribution is 0.132. The first-order chi connectivity index (χ1) is 8.81. The molecule has 3 rings (SSSR count). The Hall–Kier alpha value is -1.76. The first-order valence-corrected chi connectivity index (χ1v) is 6.23. The first kappa shape index (κ1) is 11.3. The molecule has 0 saturated heterocycles. The van der Waals surface area contributed by atoms with E-state index in [0.717, 1.165) is 25.7 Å². The minimum atomic E-state index is 0.156. The van der Waals surface area contributed by atoms with Gasteiger partial charge in [0.05, 0.1) is 6.04 Å². The van der Waals surface area contributed by atoms with Gasteiger partial charge in [-0.2, -0.15) is 0 Å². The predicted molar refractivity (Wildman–Crippen MR) is 65.6 cm³/mol. The fraction of sp³-hybridized carbons (Fsp3) is 0.636. The maximum Gasteiger partial charge on any atom is 0.184 e. The van der Waals surface area contributed by atoms with Crippen molar-refractivity contribution in [3.63, 3.8) is 0 Å². The van der Waals surface area contributed by atoms with Gasteiger partial charge in [-0.25, -0.2) is 14.6 Å². The number of aliphatic hydroxyl groups is 1. The second kappa shape index (κ2) is 4.49. The second-order valence-electron chi connectivity index (χ2n) is 4.76. The van der Waals surface area contributed by atoms with Gasteiger partial charge >= 0.3 is 0 Å². The number of nitrogens with two attached hydrogens (primary N) is 1. The highest BCUT2D eigenvalue weighted by molar-refractivity contribution is 5.80. The van der Waals surface area contributed by atoms with Crippen molar-refractivity contribution >= 4 is 17.0 Å². The van der Waals surface area contributed by atoms with Gasteiger partial charge in [0.25, 0.3) is 0 Å². The summed E-state index contributed by atoms with van der Waals surface area (Å²) >= 11 is 0. The fourth-order valence-corrected chi connectivity index (χ4v) is 2.73. The van der Waals surface area contributed by atoms with Crippen LogP contribution in [-0.2, 0) is 0 Å². The number of nitrogen functional groups attached to an aromatic ring is 1. The van der Waals surface area contributed by atoms with E-state index in [1.807, 2.05) is 0 Å². The summed E-state index contributed by atoms with van der Waals surface area (Å²) in [6.45, 7) is 0.173. The summed E-state index contributed by atoms with van der Waals surface area (Å²) in [5.41, 5.74) is 6.95. The summed E-state index contributed by atoms with van der Waals surface area (Å²) in [6, 6.07) is 0.156. The molecule has 0 radical (unpaired) electrons. The van der Waals surface area contributed by atoms with E-state index in [2.05, 4.69) is 20.3 Å². The average Bonchev–Trinajstić information content (AvgIpc) is 2.84. The molecule has 1 saturated carbocycles. The molecule has 3 N–H and O–H groups in total. The Bertz CT molecular complexity index is 553. The van der Waals surface area contributed by atoms with Crippen LogP contribution in [0, 0.1) is 5.92 Å². The molecule has 1 fully saturated rings. The van der Waals surface area contributed by atoms with Crippen LogP contribution in [0.4, 0.5) is 5.82 Å². The minimum Gasteiger partial charge on any atom is -0.396 e. The molecule has 0 spiro atoms. The highest BCUT2D eigenvalue weighted by Crippen LogP contribution is 2.34. The monoisotopic (exact) mass is 248 g/mol. The zero-order valence-electron chi connectivity index (χ0n) is 10.0. The molecule has 2 atom stereocenters. The number of hydrogen-bond acceptors (Lipinski definition) is 6. The van der Waals surface area contributed by atoms with Gasteiger partial charge in [-0.3, -0.25) is 0 Å². The van der Waals surface area contributed by atoms with Crippen LogP contribution in [0.15, 0.2) is 6.33 Å². The van der Waals surface area contributed by atoms with Crippen LogP contribution in [0.5, 0.6) is 0 Å². The normalized spacial score (nSPS) is 24.5. The summed E-state index contributed by atoms with van der Waals surface area (Å²) in [5.74, 6) is 0.572. The minimum absolute atomic E-state index is 0.156. The van der Waals surface area contributed by atoms with E-state index in [1.165, 1.54) is 6.33 Å². The molecule has 1 aliphatic carbocycles. The molecule has 2 heterocycles. The molecular formula is C11H16N6O. The first-order valence-electron chi connectivity index (χ1n) is 6.23. The molecular weight excluding hydrogens is 232 g/mol. The van der Waals surface area contributed by atoms with E-state index in [4.69, 9.17) is 5.73 Å². The number of aliphatic hydroxyl groups excluding tert-OH is 1. The predicted octanol–water partition coefficient (Wildman–Crippen LogP) is 0.527. The molecule has 0 bridgehead atoms. The van der Waals surface area contributed by atoms with Crippen molar-refractivity contribution in [2.75, 3.05) is 12.3 Å². The van der Waals surface area contributed by atoms with E-state index in [9.17, 15) is 5.11 Å². The van der Waals surface area contributed by atoms with Crippen molar-refractivity contribution in [3.05, 3.63) is 6.33 Å². The Balaban J connectivity index is 2.05. The van der Waals surface area contributed by atoms with E-state index < -0.39 is 0 Å². The molecule has 2 aromatic rings. The van der Waals surface area contributed by atoms with Crippen LogP contribution in [0.3, 0.4) is 0 Å². The Morgan fingerprint density at radius 3 is 3.00 bits per heavy atom. The molecule has 0 aromatic carbocycles. The zero-order valence-corrected chi connectivity index (χ0v) is 10.0. The van der Waals surface area contributed by atoms with Crippen molar-refractivity contribution in [1.29, 1.82) is 0 Å². The lowest BCUT2D eigenvalue weighted by atomic mass is 9.85. The molecule has 18 heavy (non-hydrogen) atoms. The SMILES string of the molecule is Nc1ncnc2c1nnn2C1CCCCC1CO. The van der Waals surface area contributed by atoms with Gasteiger partial charge < -0.3 is 10.8 Å². The van der Waals surface area contributed by atoms with Crippen LogP contribution >= 0.6 is 0 Å². The molecule has 7 heteroatoms. The van der Waals surface area contributed by atoms with E-state index in [-0.39, 0.29) is 18.6 Å². The maximum atomic E-state index is 9.47. The summed E-state index contributed by atoms with van der Waals surface area (Å²) in [6.07, 6.45) is 5.74. The van der Waals surface area contributed by atoms with Gasteiger partial charge in [0.15, 0.2) is 17.0 Å². The summed E-state index contributed by atoms with van der Waals surface area (Å²) in [7, 11) is 0. The van der Waals surface area contributed by atoms with Crippen LogP contribution in [0.1, 0.15) is 31.7 Å². The highest BCUT2D eigenvalue weighted by Gasteiger charge is 2.28. The van der Waals surface area contributed by atoms with Crippen LogP contribution < -0.4 is 5.73 Å². The molecule has 0 aliphatic heterocycles. The van der Waals surface area contributed by atoms with Crippen LogP contribution in [0.2, 0.25) is 0 Å². The Morgan fingerprint density at radius 2 is 2.17 bits per heavy atom. The van der Waals surface area contributed by atoms with Gasteiger partial charge in [-0.1, -0.05) is 18.1 Å². The zero-order chi connectivity index (χ0) is 12.5. The molecule has 2 unspecified atom stereocenters. The quantitative estimate of drug-likeness (QED) is 0.803. The van der Waals surface area contributed by atoms with Gasteiger partial charge in [-0.05, 0) is 12.8 Å². The number of aromatic nitrogens is 5. The number of rotatable bonds is 2. The van der Waals surface area contributed by atoms with E-state index in [1.54, 1.807) is 4.68 Å². The van der Waals surface area contributed by atoms with E-state index >= 15 is 0 Å². The Labute approximate surface area is 104 Å². The second-order valence-corrected chi connectivity index (χ2v) is 4.76. The highest BCUT2D eigenvalue weighted by atomic mass is 16.3. The van der Waals surface area contributed by atoms with Crippen molar-refractivity contribution in [1.82, 2.24) is 25.0 Å². The maximum absolute atomic E-state index is 9.47. The number of anilines is 1. The standard InChI is InChI=1S/C11H16N6O/c12-10-9-11(14-6-13-10)17(16-15-9)8-4-2-1-3-7(8)5-18/h6-8,18H,1-5H2,(H2,12,13,14). The third kappa shape index (κ3) is 1.71. The van der Waals surface area contributed by atoms with Crippen molar-refractivity contribution in [2.24, 2.45) is 5.92 Å². The molecule has 1 aliphatic rings. The van der Waals surface area contributed by atoms with Gasteiger partial charge in [0.1, 0.15) is 6.33 Å². The van der Waals surface area contributed by atoms with E-state index in [0.29, 0.717) is 17.0 Å². The lowest BCUT2D eigenvalue weighted by Gasteiger charge is -2.29. The third-order valence-corrected chi connectivity index (χ3v) is 3.71. The van der Waals surface area contributed by atoms with Crippen LogP contribution in [0.25, 0.3) is 11.2 Å². The van der Waals surface area contributed by atoms with Gasteiger partial charge in [0, 0.05) is 12.5 Å². The Morgan fingerprint density at radius 1 is 1.33 bits per heavy atom. The third-order valence-electron chi connectivity index (χ3n) is 3.71. The molecule has 0 amide bonds. The van der Waals surface area contributed by atoms with Crippen molar-refractivity contribution in [2.45, 2.75) is 31.7 Å². The number of fused-ring (bicyclic) bond motifs is 1. The van der Waals surface area contributed by atoms with Crippen molar-refractivity contribution < 1.29 is 5.11 Å². The average molecular weight is 248 g/mol. The largest absolute Gasteiger partial charge is 0.396 e. The topological polar surface area (TPSA) is 103 Å². The summed E-state index contributed by atoms with van der Waals surface area (Å²) in [5, 5.41) is 17.7. The Kier molecular flexibility index (Phi) is 2.83. The smallest absolute Gasteiger partial charge is 0.184 e. The molecule has 7 nitrogen and oxygen atoms in total. The molecule has 2 aromatic heterocycles. The number of hydrogen-bond donors (Lipinski definition) is 2. The van der Waals surface area contributed by atoms with Crippen LogP contribution in [-0.4, -0.2) is 36.7 Å². The van der Waals surface area contributed by atoms with Gasteiger partial charge in [0.2, 0.25) is 0 Å². The lowest BCUT2D eigenvalue weighted by Crippen LogP contribution is -2.27. The van der Waals surface area contributed by atoms with Gasteiger partial charge in [-0.15, -0.1) is 5.10 Å². The number of nitrogens with zero attached hydrogens (tertiary/aromatic N) is 5. The summed E-state index contributed by atoms with van der Waals surface area (Å²) in [4.78, 5) is 8.12. The summed E-state index contributed by atoms with van der Waals surface area (Å²) < 4.78 is 1.80. The van der Waals surface area contributed by atoms with Crippen molar-refractivity contribution in [3.8, 4) is 0 Å². The molecule has 96 valence electrons.